The number of fused-ring (bicyclic) bond motifs is 1. The normalized spacial score (nSPS) is 17.2. The number of carbonyl (C=O) groups excluding carboxylic acids is 2. The van der Waals surface area contributed by atoms with Gasteiger partial charge in [-0.25, -0.2) is 14.1 Å². The molecule has 2 aromatic carbocycles. The van der Waals surface area contributed by atoms with Crippen LogP contribution in [0.5, 0.6) is 5.88 Å². The molecule has 2 atom stereocenters. The molecule has 0 bridgehead atoms. The number of rotatable bonds is 8. The topological polar surface area (TPSA) is 127 Å². The van der Waals surface area contributed by atoms with Gasteiger partial charge in [0.1, 0.15) is 11.4 Å². The van der Waals surface area contributed by atoms with E-state index in [4.69, 9.17) is 21.3 Å². The summed E-state index contributed by atoms with van der Waals surface area (Å²) in [5.41, 5.74) is 4.31. The molecule has 4 aromatic rings. The van der Waals surface area contributed by atoms with Crippen LogP contribution < -0.4 is 26.2 Å². The summed E-state index contributed by atoms with van der Waals surface area (Å²) in [6.45, 7) is 2.36. The van der Waals surface area contributed by atoms with E-state index in [0.717, 1.165) is 35.1 Å². The molecule has 45 heavy (non-hydrogen) atoms. The summed E-state index contributed by atoms with van der Waals surface area (Å²) in [5, 5.41) is 13.4. The van der Waals surface area contributed by atoms with Gasteiger partial charge in [-0.2, -0.15) is 5.10 Å². The van der Waals surface area contributed by atoms with Crippen molar-refractivity contribution in [3.8, 4) is 28.3 Å². The molecule has 1 aliphatic carbocycles. The number of nitrogens with one attached hydrogen (secondary N) is 3. The van der Waals surface area contributed by atoms with Gasteiger partial charge in [-0.3, -0.25) is 14.4 Å². The molecule has 1 aliphatic heterocycles. The molecule has 0 spiro atoms. The molecular formula is C33H32ClFN6O4. The maximum absolute atomic E-state index is 15.1. The van der Waals surface area contributed by atoms with Crippen molar-refractivity contribution in [2.75, 3.05) is 19.0 Å². The number of nitrogens with zero attached hydrogens (tertiary/aromatic N) is 3. The highest BCUT2D eigenvalue weighted by Crippen LogP contribution is 2.43. The first-order chi connectivity index (χ1) is 21.7. The Morgan fingerprint density at radius 3 is 2.69 bits per heavy atom. The van der Waals surface area contributed by atoms with Crippen LogP contribution in [0.4, 0.5) is 10.1 Å². The maximum Gasteiger partial charge on any atom is 0.279 e. The summed E-state index contributed by atoms with van der Waals surface area (Å²) in [6.07, 6.45) is 4.41. The van der Waals surface area contributed by atoms with Gasteiger partial charge < -0.3 is 20.7 Å². The average Bonchev–Trinajstić information content (AvgIpc) is 3.64. The third-order valence-electron chi connectivity index (χ3n) is 8.52. The Morgan fingerprint density at radius 1 is 1.13 bits per heavy atom. The molecule has 1 saturated heterocycles. The number of carbonyl (C=O) groups is 2. The van der Waals surface area contributed by atoms with E-state index >= 15 is 4.39 Å². The Labute approximate surface area is 264 Å². The van der Waals surface area contributed by atoms with E-state index in [-0.39, 0.29) is 29.2 Å². The van der Waals surface area contributed by atoms with Crippen molar-refractivity contribution in [3.05, 3.63) is 92.1 Å². The van der Waals surface area contributed by atoms with Crippen molar-refractivity contribution in [2.24, 2.45) is 7.05 Å². The first-order valence-corrected chi connectivity index (χ1v) is 15.1. The van der Waals surface area contributed by atoms with Gasteiger partial charge in [-0.1, -0.05) is 35.9 Å². The van der Waals surface area contributed by atoms with Crippen LogP contribution in [0, 0.1) is 12.7 Å². The molecule has 6 rings (SSSR count). The molecule has 12 heteroatoms. The fourth-order valence-electron chi connectivity index (χ4n) is 6.14. The third-order valence-corrected chi connectivity index (χ3v) is 8.92. The zero-order chi connectivity index (χ0) is 31.8. The summed E-state index contributed by atoms with van der Waals surface area (Å²) < 4.78 is 21.9. The molecule has 3 heterocycles. The summed E-state index contributed by atoms with van der Waals surface area (Å²) >= 11 is 7.03. The van der Waals surface area contributed by atoms with Gasteiger partial charge in [0.05, 0.1) is 23.5 Å². The predicted octanol–water partition coefficient (Wildman–Crippen LogP) is 4.73. The van der Waals surface area contributed by atoms with Gasteiger partial charge in [0.2, 0.25) is 11.8 Å². The minimum atomic E-state index is -0.743. The molecule has 0 saturated carbocycles. The SMILES string of the molecule is COc1nc(-c2cccc(-c3ccc(F)c(NC(=O)c4ccnn(C)c4=O)c3C)c2Cl)cc2c1C(NCC1CCC(=O)N1)CC2. The lowest BCUT2D eigenvalue weighted by Gasteiger charge is -2.20. The fourth-order valence-corrected chi connectivity index (χ4v) is 6.46. The van der Waals surface area contributed by atoms with Crippen LogP contribution >= 0.6 is 11.6 Å². The average molecular weight is 631 g/mol. The Morgan fingerprint density at radius 2 is 1.93 bits per heavy atom. The largest absolute Gasteiger partial charge is 0.481 e. The van der Waals surface area contributed by atoms with E-state index in [1.165, 1.54) is 25.4 Å². The first kappa shape index (κ1) is 30.4. The first-order valence-electron chi connectivity index (χ1n) is 14.7. The number of hydrogen-bond acceptors (Lipinski definition) is 7. The highest BCUT2D eigenvalue weighted by molar-refractivity contribution is 6.36. The molecule has 10 nitrogen and oxygen atoms in total. The highest BCUT2D eigenvalue weighted by Gasteiger charge is 2.30. The highest BCUT2D eigenvalue weighted by atomic mass is 35.5. The zero-order valence-electron chi connectivity index (χ0n) is 25.0. The van der Waals surface area contributed by atoms with Crippen LogP contribution in [-0.4, -0.2) is 46.3 Å². The van der Waals surface area contributed by atoms with Crippen LogP contribution in [0.2, 0.25) is 5.02 Å². The van der Waals surface area contributed by atoms with E-state index in [0.29, 0.717) is 51.8 Å². The Bertz CT molecular complexity index is 1890. The maximum atomic E-state index is 15.1. The number of aromatic nitrogens is 3. The number of aryl methyl sites for hydroxylation is 2. The number of methoxy groups -OCH3 is 1. The lowest BCUT2D eigenvalue weighted by molar-refractivity contribution is -0.119. The lowest BCUT2D eigenvalue weighted by Crippen LogP contribution is -2.36. The van der Waals surface area contributed by atoms with Gasteiger partial charge in [0.25, 0.3) is 11.5 Å². The fraction of sp³-hybridized carbons (Fsp3) is 0.303. The summed E-state index contributed by atoms with van der Waals surface area (Å²) in [4.78, 5) is 41.8. The van der Waals surface area contributed by atoms with Gasteiger partial charge in [-0.05, 0) is 61.1 Å². The molecule has 2 aromatic heterocycles. The Kier molecular flexibility index (Phi) is 8.39. The lowest BCUT2D eigenvalue weighted by atomic mass is 9.95. The van der Waals surface area contributed by atoms with Gasteiger partial charge in [0, 0.05) is 55.0 Å². The molecular weight excluding hydrogens is 599 g/mol. The summed E-state index contributed by atoms with van der Waals surface area (Å²) in [6, 6.07) is 11.9. The molecule has 0 radical (unpaired) electrons. The number of anilines is 1. The van der Waals surface area contributed by atoms with Gasteiger partial charge in [0.15, 0.2) is 0 Å². The van der Waals surface area contributed by atoms with Gasteiger partial charge in [-0.15, -0.1) is 0 Å². The van der Waals surface area contributed by atoms with Crippen LogP contribution in [0.1, 0.15) is 52.4 Å². The Hall–Kier alpha value is -4.61. The van der Waals surface area contributed by atoms with E-state index in [2.05, 4.69) is 21.0 Å². The smallest absolute Gasteiger partial charge is 0.279 e. The van der Waals surface area contributed by atoms with E-state index in [1.807, 2.05) is 24.3 Å². The molecule has 2 unspecified atom stereocenters. The standard InChI is InChI=1S/C33H32ClFN6O4/c1-17-20(9-10-24(35)30(17)40-31(43)23-13-14-37-41(2)33(23)44)21-5-4-6-22(29(21)34)26-15-18-7-11-25(28(18)32(39-26)45-3)36-16-19-8-12-27(42)38-19/h4-6,9-10,13-15,19,25,36H,7-8,11-12,16H2,1-3H3,(H,38,42)(H,40,43). The van der Waals surface area contributed by atoms with Crippen LogP contribution in [0.15, 0.2) is 53.5 Å². The number of halogens is 2. The second-order valence-electron chi connectivity index (χ2n) is 11.3. The predicted molar refractivity (Wildman–Crippen MR) is 169 cm³/mol. The molecule has 3 N–H and O–H groups in total. The van der Waals surface area contributed by atoms with E-state index < -0.39 is 17.3 Å². The van der Waals surface area contributed by atoms with Crippen molar-refractivity contribution in [2.45, 2.75) is 44.7 Å². The second-order valence-corrected chi connectivity index (χ2v) is 11.7. The summed E-state index contributed by atoms with van der Waals surface area (Å²) in [5.74, 6) is -0.788. The molecule has 2 aliphatic rings. The van der Waals surface area contributed by atoms with Crippen molar-refractivity contribution in [3.63, 3.8) is 0 Å². The van der Waals surface area contributed by atoms with E-state index in [1.54, 1.807) is 20.1 Å². The molecule has 232 valence electrons. The monoisotopic (exact) mass is 630 g/mol. The van der Waals surface area contributed by atoms with Crippen LogP contribution in [0.25, 0.3) is 22.4 Å². The molecule has 1 fully saturated rings. The van der Waals surface area contributed by atoms with Crippen molar-refractivity contribution < 1.29 is 18.7 Å². The molecule has 2 amide bonds. The zero-order valence-corrected chi connectivity index (χ0v) is 25.8. The number of hydrogen-bond donors (Lipinski definition) is 3. The minimum Gasteiger partial charge on any atom is -0.481 e. The van der Waals surface area contributed by atoms with Gasteiger partial charge >= 0.3 is 0 Å². The minimum absolute atomic E-state index is 0.0501. The summed E-state index contributed by atoms with van der Waals surface area (Å²) in [7, 11) is 3.02. The van der Waals surface area contributed by atoms with Crippen molar-refractivity contribution in [1.29, 1.82) is 0 Å². The number of ether oxygens (including phenoxy) is 1. The number of amides is 2. The third kappa shape index (κ3) is 5.81. The van der Waals surface area contributed by atoms with Crippen molar-refractivity contribution in [1.82, 2.24) is 25.4 Å². The number of benzene rings is 2. The van der Waals surface area contributed by atoms with Crippen LogP contribution in [0.3, 0.4) is 0 Å². The van der Waals surface area contributed by atoms with Crippen LogP contribution in [-0.2, 0) is 18.3 Å². The Balaban J connectivity index is 1.31. The quantitative estimate of drug-likeness (QED) is 0.257. The number of pyridine rings is 1. The van der Waals surface area contributed by atoms with Crippen molar-refractivity contribution >= 4 is 29.1 Å². The second kappa shape index (κ2) is 12.4. The van der Waals surface area contributed by atoms with E-state index in [9.17, 15) is 14.4 Å².